The number of methoxy groups -OCH3 is 1. The van der Waals surface area contributed by atoms with Crippen LogP contribution >= 0.6 is 11.8 Å². The van der Waals surface area contributed by atoms with Crippen molar-refractivity contribution in [2.45, 2.75) is 4.90 Å². The fourth-order valence-electron chi connectivity index (χ4n) is 1.44. The molecule has 0 saturated carbocycles. The fraction of sp³-hybridized carbons (Fsp3) is 0.154. The number of hydrogen-bond acceptors (Lipinski definition) is 5. The van der Waals surface area contributed by atoms with Gasteiger partial charge in [0.1, 0.15) is 5.82 Å². The summed E-state index contributed by atoms with van der Waals surface area (Å²) in [5, 5.41) is 0. The first-order valence-corrected chi connectivity index (χ1v) is 6.46. The summed E-state index contributed by atoms with van der Waals surface area (Å²) in [4.78, 5) is 20.3. The lowest BCUT2D eigenvalue weighted by Crippen LogP contribution is -2.08. The van der Waals surface area contributed by atoms with Crippen LogP contribution in [0, 0.1) is 5.82 Å². The molecule has 0 saturated heterocycles. The van der Waals surface area contributed by atoms with Crippen molar-refractivity contribution in [2.24, 2.45) is 0 Å². The highest BCUT2D eigenvalue weighted by Crippen LogP contribution is 2.23. The van der Waals surface area contributed by atoms with E-state index in [0.717, 1.165) is 11.8 Å². The van der Waals surface area contributed by atoms with Crippen molar-refractivity contribution in [3.8, 4) is 5.88 Å². The van der Waals surface area contributed by atoms with Crippen LogP contribution in [0.25, 0.3) is 0 Å². The van der Waals surface area contributed by atoms with Crippen LogP contribution in [0.3, 0.4) is 0 Å². The summed E-state index contributed by atoms with van der Waals surface area (Å²) in [7, 11) is 1.42. The molecule has 2 aromatic rings. The minimum atomic E-state index is -0.341. The van der Waals surface area contributed by atoms with Crippen LogP contribution in [0.5, 0.6) is 5.88 Å². The summed E-state index contributed by atoms with van der Waals surface area (Å²) >= 11 is 1.12. The molecule has 0 amide bonds. The molecule has 0 atom stereocenters. The molecule has 0 aliphatic carbocycles. The number of rotatable bonds is 5. The van der Waals surface area contributed by atoms with E-state index < -0.39 is 0 Å². The molecule has 19 heavy (non-hydrogen) atoms. The van der Waals surface area contributed by atoms with Gasteiger partial charge < -0.3 is 4.74 Å². The van der Waals surface area contributed by atoms with E-state index in [1.54, 1.807) is 18.2 Å². The molecule has 0 bridgehead atoms. The number of aromatic nitrogens is 2. The maximum absolute atomic E-state index is 13.4. The monoisotopic (exact) mass is 278 g/mol. The second-order valence-electron chi connectivity index (χ2n) is 3.56. The van der Waals surface area contributed by atoms with Crippen molar-refractivity contribution >= 4 is 17.5 Å². The summed E-state index contributed by atoms with van der Waals surface area (Å²) in [6.45, 7) is 0. The Hall–Kier alpha value is -1.95. The lowest BCUT2D eigenvalue weighted by molar-refractivity contribution is 0.101. The molecule has 0 radical (unpaired) electrons. The summed E-state index contributed by atoms with van der Waals surface area (Å²) in [5.41, 5.74) is 0.161. The zero-order chi connectivity index (χ0) is 13.7. The number of nitrogens with zero attached hydrogens (tertiary/aromatic N) is 2. The number of benzene rings is 1. The van der Waals surface area contributed by atoms with Gasteiger partial charge in [-0.3, -0.25) is 4.79 Å². The Bertz CT molecular complexity index is 592. The number of thioether (sulfide) groups is 1. The van der Waals surface area contributed by atoms with Gasteiger partial charge in [-0.05, 0) is 12.1 Å². The van der Waals surface area contributed by atoms with Crippen LogP contribution in [0.1, 0.15) is 10.5 Å². The average Bonchev–Trinajstić information content (AvgIpc) is 2.46. The summed E-state index contributed by atoms with van der Waals surface area (Å²) in [6.07, 6.45) is 2.86. The maximum atomic E-state index is 13.4. The normalized spacial score (nSPS) is 10.2. The van der Waals surface area contributed by atoms with Gasteiger partial charge >= 0.3 is 0 Å². The van der Waals surface area contributed by atoms with E-state index in [9.17, 15) is 9.18 Å². The predicted octanol–water partition coefficient (Wildman–Crippen LogP) is 2.60. The Morgan fingerprint density at radius 3 is 2.79 bits per heavy atom. The number of Topliss-reactive ketones (excluding diaryl/α,β-unsaturated/α-hetero) is 1. The lowest BCUT2D eigenvalue weighted by atomic mass is 10.3. The summed E-state index contributed by atoms with van der Waals surface area (Å²) in [5.74, 6) is -0.332. The Kier molecular flexibility index (Phi) is 4.46. The molecule has 6 heteroatoms. The zero-order valence-corrected chi connectivity index (χ0v) is 11.0. The van der Waals surface area contributed by atoms with Crippen molar-refractivity contribution in [1.82, 2.24) is 9.97 Å². The summed E-state index contributed by atoms with van der Waals surface area (Å²) in [6, 6.07) is 6.31. The van der Waals surface area contributed by atoms with Crippen LogP contribution in [0.4, 0.5) is 4.39 Å². The first-order chi connectivity index (χ1) is 9.22. The molecule has 0 unspecified atom stereocenters. The molecular weight excluding hydrogens is 267 g/mol. The molecule has 0 aliphatic heterocycles. The molecule has 1 heterocycles. The molecule has 2 rings (SSSR count). The zero-order valence-electron chi connectivity index (χ0n) is 10.2. The van der Waals surface area contributed by atoms with Gasteiger partial charge in [-0.1, -0.05) is 12.1 Å². The van der Waals surface area contributed by atoms with Gasteiger partial charge in [-0.25, -0.2) is 14.4 Å². The minimum absolute atomic E-state index is 0.0794. The molecule has 0 aliphatic rings. The van der Waals surface area contributed by atoms with Crippen LogP contribution in [0.15, 0.2) is 41.6 Å². The molecule has 4 nitrogen and oxygen atoms in total. The van der Waals surface area contributed by atoms with Gasteiger partial charge in [-0.15, -0.1) is 11.8 Å². The van der Waals surface area contributed by atoms with Gasteiger partial charge in [0.25, 0.3) is 0 Å². The van der Waals surface area contributed by atoms with E-state index in [0.29, 0.717) is 4.90 Å². The minimum Gasteiger partial charge on any atom is -0.479 e. The van der Waals surface area contributed by atoms with Crippen LogP contribution in [-0.4, -0.2) is 28.6 Å². The molecule has 98 valence electrons. The molecule has 0 N–H and O–H groups in total. The number of carbonyl (C=O) groups excluding carboxylic acids is 1. The van der Waals surface area contributed by atoms with Gasteiger partial charge in [0.2, 0.25) is 5.88 Å². The van der Waals surface area contributed by atoms with E-state index in [-0.39, 0.29) is 28.9 Å². The SMILES string of the molecule is COc1nccnc1C(=O)CSc1ccccc1F. The molecule has 1 aromatic carbocycles. The van der Waals surface area contributed by atoms with E-state index >= 15 is 0 Å². The highest BCUT2D eigenvalue weighted by Gasteiger charge is 2.15. The molecule has 0 spiro atoms. The van der Waals surface area contributed by atoms with Gasteiger partial charge in [-0.2, -0.15) is 0 Å². The number of hydrogen-bond donors (Lipinski definition) is 0. The largest absolute Gasteiger partial charge is 0.479 e. The third-order valence-electron chi connectivity index (χ3n) is 2.32. The van der Waals surface area contributed by atoms with Crippen molar-refractivity contribution < 1.29 is 13.9 Å². The van der Waals surface area contributed by atoms with Gasteiger partial charge in [0, 0.05) is 17.3 Å². The predicted molar refractivity (Wildman–Crippen MR) is 70.0 cm³/mol. The Balaban J connectivity index is 2.08. The molecule has 1 aromatic heterocycles. The Morgan fingerprint density at radius 2 is 2.05 bits per heavy atom. The standard InChI is InChI=1S/C13H11FN2O2S/c1-18-13-12(15-6-7-16-13)10(17)8-19-11-5-3-2-4-9(11)14/h2-7H,8H2,1H3. The first kappa shape index (κ1) is 13.5. The fourth-order valence-corrected chi connectivity index (χ4v) is 2.24. The van der Waals surface area contributed by atoms with E-state index in [1.807, 2.05) is 0 Å². The number of ether oxygens (including phenoxy) is 1. The average molecular weight is 278 g/mol. The number of ketones is 1. The van der Waals surface area contributed by atoms with Gasteiger partial charge in [0.15, 0.2) is 11.5 Å². The van der Waals surface area contributed by atoms with Crippen molar-refractivity contribution in [2.75, 3.05) is 12.9 Å². The third-order valence-corrected chi connectivity index (χ3v) is 3.37. The second kappa shape index (κ2) is 6.29. The van der Waals surface area contributed by atoms with Gasteiger partial charge in [0.05, 0.1) is 12.9 Å². The van der Waals surface area contributed by atoms with Crippen LogP contribution in [0.2, 0.25) is 0 Å². The smallest absolute Gasteiger partial charge is 0.243 e. The van der Waals surface area contributed by atoms with Crippen LogP contribution < -0.4 is 4.74 Å². The van der Waals surface area contributed by atoms with Crippen molar-refractivity contribution in [1.29, 1.82) is 0 Å². The topological polar surface area (TPSA) is 52.1 Å². The van der Waals surface area contributed by atoms with Crippen molar-refractivity contribution in [3.05, 3.63) is 48.2 Å². The number of halogens is 1. The molecular formula is C13H11FN2O2S. The lowest BCUT2D eigenvalue weighted by Gasteiger charge is -2.05. The number of carbonyl (C=O) groups is 1. The second-order valence-corrected chi connectivity index (χ2v) is 4.57. The Morgan fingerprint density at radius 1 is 1.32 bits per heavy atom. The van der Waals surface area contributed by atoms with Crippen molar-refractivity contribution in [3.63, 3.8) is 0 Å². The highest BCUT2D eigenvalue weighted by atomic mass is 32.2. The highest BCUT2D eigenvalue weighted by molar-refractivity contribution is 8.00. The van der Waals surface area contributed by atoms with E-state index in [1.165, 1.54) is 25.6 Å². The van der Waals surface area contributed by atoms with E-state index in [2.05, 4.69) is 9.97 Å². The summed E-state index contributed by atoms with van der Waals surface area (Å²) < 4.78 is 18.4. The first-order valence-electron chi connectivity index (χ1n) is 5.48. The van der Waals surface area contributed by atoms with E-state index in [4.69, 9.17) is 4.74 Å². The van der Waals surface area contributed by atoms with Crippen LogP contribution in [-0.2, 0) is 0 Å². The quantitative estimate of drug-likeness (QED) is 0.621. The third kappa shape index (κ3) is 3.29. The molecule has 0 fully saturated rings. The Labute approximate surface area is 114 Å². The maximum Gasteiger partial charge on any atom is 0.243 e.